The molecule has 2 atom stereocenters. The Morgan fingerprint density at radius 2 is 1.73 bits per heavy atom. The van der Waals surface area contributed by atoms with E-state index in [1.165, 1.54) is 0 Å². The van der Waals surface area contributed by atoms with Crippen LogP contribution in [0.25, 0.3) is 0 Å². The summed E-state index contributed by atoms with van der Waals surface area (Å²) in [5.74, 6) is 1.23. The Morgan fingerprint density at radius 1 is 1.09 bits per heavy atom. The number of benzene rings is 1. The van der Waals surface area contributed by atoms with E-state index in [1.807, 2.05) is 6.07 Å². The molecule has 0 radical (unpaired) electrons. The van der Waals surface area contributed by atoms with Crippen LogP contribution in [0.4, 0.5) is 0 Å². The molecular formula is C19H27NO2. The molecular weight excluding hydrogens is 274 g/mol. The lowest BCUT2D eigenvalue weighted by atomic mass is 9.56. The summed E-state index contributed by atoms with van der Waals surface area (Å²) in [6.45, 7) is 13.8. The van der Waals surface area contributed by atoms with Crippen molar-refractivity contribution >= 4 is 5.90 Å². The normalized spacial score (nSPS) is 32.3. The van der Waals surface area contributed by atoms with Crippen LogP contribution in [0.1, 0.15) is 47.1 Å². The fourth-order valence-electron chi connectivity index (χ4n) is 3.47. The highest BCUT2D eigenvalue weighted by molar-refractivity contribution is 5.90. The molecule has 0 amide bonds. The number of rotatable bonds is 3. The molecule has 1 saturated heterocycles. The average Bonchev–Trinajstić information content (AvgIpc) is 2.95. The molecule has 1 fully saturated rings. The zero-order valence-corrected chi connectivity index (χ0v) is 14.5. The lowest BCUT2D eigenvalue weighted by molar-refractivity contribution is -0.335. The summed E-state index contributed by atoms with van der Waals surface area (Å²) in [5.41, 5.74) is 0.223. The molecule has 2 aliphatic heterocycles. The van der Waals surface area contributed by atoms with E-state index in [4.69, 9.17) is 14.5 Å². The first-order valence-corrected chi connectivity index (χ1v) is 8.19. The molecule has 0 unspecified atom stereocenters. The van der Waals surface area contributed by atoms with Crippen LogP contribution in [0, 0.1) is 11.3 Å². The fraction of sp³-hybridized carbons (Fsp3) is 0.632. The van der Waals surface area contributed by atoms with Gasteiger partial charge in [0, 0.05) is 5.41 Å². The molecule has 3 heteroatoms. The van der Waals surface area contributed by atoms with Crippen molar-refractivity contribution in [2.45, 2.75) is 58.8 Å². The van der Waals surface area contributed by atoms with Crippen molar-refractivity contribution in [2.75, 3.05) is 6.61 Å². The molecule has 120 valence electrons. The Bertz CT molecular complexity index is 589. The third-order valence-electron chi connectivity index (χ3n) is 5.72. The first-order chi connectivity index (χ1) is 10.2. The second-order valence-corrected chi connectivity index (χ2v) is 7.84. The Kier molecular flexibility index (Phi) is 3.41. The second-order valence-electron chi connectivity index (χ2n) is 7.84. The van der Waals surface area contributed by atoms with E-state index < -0.39 is 5.60 Å². The van der Waals surface area contributed by atoms with E-state index in [0.29, 0.717) is 12.5 Å². The minimum absolute atomic E-state index is 0.105. The number of ether oxygens (including phenoxy) is 2. The molecule has 1 aromatic rings. The highest BCUT2D eigenvalue weighted by Gasteiger charge is 2.71. The van der Waals surface area contributed by atoms with Crippen LogP contribution in [-0.4, -0.2) is 24.1 Å². The Morgan fingerprint density at radius 3 is 2.18 bits per heavy atom. The second kappa shape index (κ2) is 4.82. The molecule has 0 aliphatic carbocycles. The van der Waals surface area contributed by atoms with E-state index in [0.717, 1.165) is 11.5 Å². The van der Waals surface area contributed by atoms with Gasteiger partial charge in [-0.25, -0.2) is 4.99 Å². The highest BCUT2D eigenvalue weighted by atomic mass is 16.6. The summed E-state index contributed by atoms with van der Waals surface area (Å²) in [4.78, 5) is 4.89. The molecule has 0 aromatic heterocycles. The van der Waals surface area contributed by atoms with Gasteiger partial charge in [0.15, 0.2) is 5.60 Å². The van der Waals surface area contributed by atoms with Crippen LogP contribution in [0.3, 0.4) is 0 Å². The van der Waals surface area contributed by atoms with E-state index in [-0.39, 0.29) is 17.1 Å². The monoisotopic (exact) mass is 301 g/mol. The van der Waals surface area contributed by atoms with Gasteiger partial charge in [-0.3, -0.25) is 0 Å². The Labute approximate surface area is 133 Å². The fourth-order valence-corrected chi connectivity index (χ4v) is 3.47. The summed E-state index contributed by atoms with van der Waals surface area (Å²) in [6, 6.07) is 10.6. The maximum absolute atomic E-state index is 6.47. The smallest absolute Gasteiger partial charge is 0.222 e. The molecule has 0 bridgehead atoms. The number of nitrogens with zero attached hydrogens (tertiary/aromatic N) is 1. The van der Waals surface area contributed by atoms with E-state index >= 15 is 0 Å². The maximum atomic E-state index is 6.47. The van der Waals surface area contributed by atoms with Gasteiger partial charge in [-0.1, -0.05) is 58.0 Å². The summed E-state index contributed by atoms with van der Waals surface area (Å²) >= 11 is 0. The number of aliphatic imine (C=N–C) groups is 1. The minimum atomic E-state index is -0.582. The Hall–Kier alpha value is -1.35. The van der Waals surface area contributed by atoms with Gasteiger partial charge >= 0.3 is 0 Å². The molecule has 2 heterocycles. The van der Waals surface area contributed by atoms with Crippen LogP contribution in [0.15, 0.2) is 35.3 Å². The number of hydrogen-bond donors (Lipinski definition) is 0. The number of hydrogen-bond acceptors (Lipinski definition) is 3. The lowest BCUT2D eigenvalue weighted by Crippen LogP contribution is -2.72. The van der Waals surface area contributed by atoms with E-state index in [9.17, 15) is 0 Å². The zero-order chi connectivity index (χ0) is 16.2. The molecule has 0 saturated carbocycles. The van der Waals surface area contributed by atoms with Crippen LogP contribution in [0.5, 0.6) is 0 Å². The van der Waals surface area contributed by atoms with Gasteiger partial charge in [0.05, 0.1) is 11.6 Å². The van der Waals surface area contributed by atoms with Crippen molar-refractivity contribution in [1.29, 1.82) is 0 Å². The van der Waals surface area contributed by atoms with Crippen molar-refractivity contribution in [3.8, 4) is 0 Å². The minimum Gasteiger partial charge on any atom is -0.476 e. The topological polar surface area (TPSA) is 30.8 Å². The van der Waals surface area contributed by atoms with Crippen LogP contribution in [0.2, 0.25) is 0 Å². The predicted molar refractivity (Wildman–Crippen MR) is 89.1 cm³/mol. The zero-order valence-electron chi connectivity index (χ0n) is 14.5. The van der Waals surface area contributed by atoms with Crippen molar-refractivity contribution in [1.82, 2.24) is 0 Å². The molecule has 22 heavy (non-hydrogen) atoms. The summed E-state index contributed by atoms with van der Waals surface area (Å²) in [7, 11) is 0. The summed E-state index contributed by atoms with van der Waals surface area (Å²) in [5, 5.41) is 0. The largest absolute Gasteiger partial charge is 0.476 e. The molecule has 1 aromatic carbocycles. The maximum Gasteiger partial charge on any atom is 0.222 e. The standard InChI is InChI=1S/C19H27NO2/c1-13(2)15-12-21-16(20-15)19(14-10-8-7-9-11-14)17(3,4)18(5,6)22-19/h7-11,13,15H,12H2,1-6H3/t15-,19-/m1/s1. The van der Waals surface area contributed by atoms with Crippen LogP contribution < -0.4 is 0 Å². The highest BCUT2D eigenvalue weighted by Crippen LogP contribution is 2.63. The molecule has 3 nitrogen and oxygen atoms in total. The Balaban J connectivity index is 2.10. The van der Waals surface area contributed by atoms with Gasteiger partial charge in [0.2, 0.25) is 5.90 Å². The third-order valence-corrected chi connectivity index (χ3v) is 5.72. The summed E-state index contributed by atoms with van der Waals surface area (Å²) < 4.78 is 12.5. The SMILES string of the molecule is CC(C)[C@H]1COC([C@@]2(c3ccccc3)OC(C)(C)C2(C)C)=N1. The van der Waals surface area contributed by atoms with E-state index in [1.54, 1.807) is 0 Å². The van der Waals surface area contributed by atoms with Crippen LogP contribution in [-0.2, 0) is 15.1 Å². The summed E-state index contributed by atoms with van der Waals surface area (Å²) in [6.07, 6.45) is 0. The van der Waals surface area contributed by atoms with Gasteiger partial charge in [-0.2, -0.15) is 0 Å². The van der Waals surface area contributed by atoms with Gasteiger partial charge in [-0.15, -0.1) is 0 Å². The van der Waals surface area contributed by atoms with Crippen molar-refractivity contribution in [3.63, 3.8) is 0 Å². The van der Waals surface area contributed by atoms with Crippen molar-refractivity contribution < 1.29 is 9.47 Å². The van der Waals surface area contributed by atoms with Gasteiger partial charge < -0.3 is 9.47 Å². The van der Waals surface area contributed by atoms with Crippen molar-refractivity contribution in [2.24, 2.45) is 16.3 Å². The van der Waals surface area contributed by atoms with Crippen molar-refractivity contribution in [3.05, 3.63) is 35.9 Å². The first-order valence-electron chi connectivity index (χ1n) is 8.19. The first kappa shape index (κ1) is 15.5. The predicted octanol–water partition coefficient (Wildman–Crippen LogP) is 4.17. The molecule has 3 rings (SSSR count). The molecule has 0 N–H and O–H groups in total. The van der Waals surface area contributed by atoms with Crippen LogP contribution >= 0.6 is 0 Å². The quantitative estimate of drug-likeness (QED) is 0.839. The van der Waals surface area contributed by atoms with Gasteiger partial charge in [0.1, 0.15) is 6.61 Å². The van der Waals surface area contributed by atoms with Gasteiger partial charge in [-0.05, 0) is 25.3 Å². The lowest BCUT2D eigenvalue weighted by Gasteiger charge is -2.65. The molecule has 0 spiro atoms. The third kappa shape index (κ3) is 1.88. The molecule has 2 aliphatic rings. The van der Waals surface area contributed by atoms with E-state index in [2.05, 4.69) is 65.8 Å². The van der Waals surface area contributed by atoms with Gasteiger partial charge in [0.25, 0.3) is 0 Å². The average molecular weight is 301 g/mol.